The van der Waals surface area contributed by atoms with E-state index in [4.69, 9.17) is 0 Å². The molecule has 0 aromatic rings. The van der Waals surface area contributed by atoms with E-state index in [0.29, 0.717) is 0 Å². The van der Waals surface area contributed by atoms with Crippen molar-refractivity contribution in [2.75, 3.05) is 0 Å². The molecule has 0 saturated heterocycles. The zero-order chi connectivity index (χ0) is 12.1. The third-order valence-corrected chi connectivity index (χ3v) is 3.32. The first-order valence-corrected chi connectivity index (χ1v) is 7.22. The molecule has 0 heterocycles. The van der Waals surface area contributed by atoms with Gasteiger partial charge in [0.05, 0.1) is 0 Å². The Balaban J connectivity index is 3.06. The smallest absolute Gasteiger partial charge is 0.201 e. The second-order valence-electron chi connectivity index (χ2n) is 4.84. The molecule has 0 bridgehead atoms. The van der Waals surface area contributed by atoms with E-state index in [2.05, 4.69) is 20.1 Å². The Morgan fingerprint density at radius 2 is 1.31 bits per heavy atom. The molecule has 0 fully saturated rings. The van der Waals surface area contributed by atoms with Crippen molar-refractivity contribution in [1.29, 1.82) is 0 Å². The van der Waals surface area contributed by atoms with Crippen molar-refractivity contribution < 1.29 is 4.79 Å². The van der Waals surface area contributed by atoms with Crippen molar-refractivity contribution in [3.8, 4) is 0 Å². The lowest BCUT2D eigenvalue weighted by Gasteiger charge is -2.05. The maximum absolute atomic E-state index is 10.5. The van der Waals surface area contributed by atoms with Crippen LogP contribution in [0.1, 0.15) is 84.5 Å². The van der Waals surface area contributed by atoms with Gasteiger partial charge in [0.15, 0.2) is 0 Å². The number of hydrogen-bond acceptors (Lipinski definition) is 1. The summed E-state index contributed by atoms with van der Waals surface area (Å²) in [4.78, 5) is 10.5. The summed E-state index contributed by atoms with van der Waals surface area (Å²) in [6, 6.07) is 0. The normalized spacial score (nSPS) is 12.6. The first kappa shape index (κ1) is 15.7. The lowest BCUT2D eigenvalue weighted by atomic mass is 9.99. The Bertz CT molecular complexity index is 142. The zero-order valence-corrected chi connectivity index (χ0v) is 11.3. The fraction of sp³-hybridized carbons (Fsp3) is 0.933. The molecule has 0 aromatic heterocycles. The van der Waals surface area contributed by atoms with Crippen LogP contribution in [0.15, 0.2) is 0 Å². The monoisotopic (exact) mass is 225 g/mol. The molecule has 0 aliphatic carbocycles. The van der Waals surface area contributed by atoms with Gasteiger partial charge in [-0.15, -0.1) is 0 Å². The van der Waals surface area contributed by atoms with Crippen LogP contribution in [0.25, 0.3) is 0 Å². The van der Waals surface area contributed by atoms with Crippen molar-refractivity contribution in [1.82, 2.24) is 0 Å². The summed E-state index contributed by atoms with van der Waals surface area (Å²) < 4.78 is 0. The second-order valence-corrected chi connectivity index (χ2v) is 4.84. The van der Waals surface area contributed by atoms with Gasteiger partial charge in [0.2, 0.25) is 6.29 Å². The van der Waals surface area contributed by atoms with Crippen LogP contribution >= 0.6 is 0 Å². The van der Waals surface area contributed by atoms with Gasteiger partial charge in [-0.2, -0.15) is 0 Å². The molecule has 0 amide bonds. The van der Waals surface area contributed by atoms with Gasteiger partial charge in [-0.05, 0) is 12.8 Å². The maximum atomic E-state index is 10.5. The fourth-order valence-corrected chi connectivity index (χ4v) is 2.05. The van der Waals surface area contributed by atoms with Crippen molar-refractivity contribution in [2.24, 2.45) is 5.92 Å². The van der Waals surface area contributed by atoms with Crippen LogP contribution in [0.4, 0.5) is 0 Å². The summed E-state index contributed by atoms with van der Waals surface area (Å²) in [6.45, 7) is 4.33. The minimum Gasteiger partial charge on any atom is -0.291 e. The summed E-state index contributed by atoms with van der Waals surface area (Å²) >= 11 is 0. The first-order chi connectivity index (χ1) is 7.85. The molecule has 0 aromatic carbocycles. The van der Waals surface area contributed by atoms with Crippen LogP contribution in [0.3, 0.4) is 0 Å². The Kier molecular flexibility index (Phi) is 12.5. The van der Waals surface area contributed by atoms with Gasteiger partial charge in [-0.25, -0.2) is 0 Å². The van der Waals surface area contributed by atoms with Crippen molar-refractivity contribution in [3.05, 3.63) is 0 Å². The molecular formula is C15H29O. The summed E-state index contributed by atoms with van der Waals surface area (Å²) in [6.07, 6.45) is 16.3. The molecule has 1 heteroatoms. The molecule has 0 aliphatic heterocycles. The van der Waals surface area contributed by atoms with Gasteiger partial charge in [0.1, 0.15) is 0 Å². The molecule has 0 saturated carbocycles. The lowest BCUT2D eigenvalue weighted by Crippen LogP contribution is -1.99. The van der Waals surface area contributed by atoms with E-state index in [1.165, 1.54) is 57.8 Å². The number of rotatable bonds is 12. The average molecular weight is 225 g/mol. The van der Waals surface area contributed by atoms with Gasteiger partial charge >= 0.3 is 0 Å². The zero-order valence-electron chi connectivity index (χ0n) is 11.3. The molecule has 1 radical (unpaired) electrons. The van der Waals surface area contributed by atoms with Crippen LogP contribution in [0.2, 0.25) is 0 Å². The Morgan fingerprint density at radius 3 is 1.75 bits per heavy atom. The van der Waals surface area contributed by atoms with Gasteiger partial charge in [0, 0.05) is 5.92 Å². The fourth-order valence-electron chi connectivity index (χ4n) is 2.05. The van der Waals surface area contributed by atoms with Crippen LogP contribution in [-0.4, -0.2) is 6.29 Å². The molecule has 1 atom stereocenters. The third-order valence-electron chi connectivity index (χ3n) is 3.32. The number of carbonyl (C=O) groups excluding carboxylic acids is 1. The minimum absolute atomic E-state index is 0.199. The van der Waals surface area contributed by atoms with Gasteiger partial charge < -0.3 is 0 Å². The number of unbranched alkanes of at least 4 members (excludes halogenated alkanes) is 8. The first-order valence-electron chi connectivity index (χ1n) is 7.22. The number of hydrogen-bond donors (Lipinski definition) is 0. The highest BCUT2D eigenvalue weighted by atomic mass is 16.1. The largest absolute Gasteiger partial charge is 0.291 e. The summed E-state index contributed by atoms with van der Waals surface area (Å²) in [5, 5.41) is 0. The molecule has 0 N–H and O–H groups in total. The third kappa shape index (κ3) is 10.2. The summed E-state index contributed by atoms with van der Waals surface area (Å²) in [7, 11) is 0. The van der Waals surface area contributed by atoms with E-state index >= 15 is 0 Å². The topological polar surface area (TPSA) is 17.1 Å². The second kappa shape index (κ2) is 12.7. The highest BCUT2D eigenvalue weighted by molar-refractivity contribution is 5.54. The van der Waals surface area contributed by atoms with E-state index in [1.807, 2.05) is 0 Å². The van der Waals surface area contributed by atoms with E-state index in [-0.39, 0.29) is 5.92 Å². The van der Waals surface area contributed by atoms with Crippen molar-refractivity contribution in [2.45, 2.75) is 84.5 Å². The average Bonchev–Trinajstić information content (AvgIpc) is 2.32. The quantitative estimate of drug-likeness (QED) is 0.425. The molecule has 16 heavy (non-hydrogen) atoms. The highest BCUT2D eigenvalue weighted by Gasteiger charge is 2.04. The Morgan fingerprint density at radius 1 is 0.812 bits per heavy atom. The van der Waals surface area contributed by atoms with Gasteiger partial charge in [0.25, 0.3) is 0 Å². The molecule has 95 valence electrons. The van der Waals surface area contributed by atoms with Crippen LogP contribution in [0, 0.1) is 5.92 Å². The van der Waals surface area contributed by atoms with Gasteiger partial charge in [-0.3, -0.25) is 4.79 Å². The van der Waals surface area contributed by atoms with E-state index in [0.717, 1.165) is 12.8 Å². The molecule has 1 nitrogen and oxygen atoms in total. The Hall–Kier alpha value is -0.330. The molecule has 0 spiro atoms. The highest BCUT2D eigenvalue weighted by Crippen LogP contribution is 2.14. The van der Waals surface area contributed by atoms with Crippen molar-refractivity contribution in [3.63, 3.8) is 0 Å². The van der Waals surface area contributed by atoms with Gasteiger partial charge in [-0.1, -0.05) is 71.6 Å². The Labute approximate surface area is 102 Å². The molecule has 1 unspecified atom stereocenters. The predicted molar refractivity (Wildman–Crippen MR) is 71.3 cm³/mol. The van der Waals surface area contributed by atoms with Crippen LogP contribution in [0.5, 0.6) is 0 Å². The van der Waals surface area contributed by atoms with Crippen LogP contribution in [-0.2, 0) is 4.79 Å². The molecule has 0 rings (SSSR count). The van der Waals surface area contributed by atoms with E-state index in [9.17, 15) is 4.79 Å². The molecular weight excluding hydrogens is 196 g/mol. The summed E-state index contributed by atoms with van der Waals surface area (Å²) in [5.74, 6) is 0.199. The summed E-state index contributed by atoms with van der Waals surface area (Å²) in [5.41, 5.74) is 0. The van der Waals surface area contributed by atoms with Crippen molar-refractivity contribution >= 4 is 6.29 Å². The lowest BCUT2D eigenvalue weighted by molar-refractivity contribution is 0.477. The maximum Gasteiger partial charge on any atom is 0.201 e. The van der Waals surface area contributed by atoms with E-state index in [1.54, 1.807) is 0 Å². The van der Waals surface area contributed by atoms with Crippen LogP contribution < -0.4 is 0 Å². The SMILES string of the molecule is CCCCCCCCCCCC([C]=O)CC. The predicted octanol–water partition coefficient (Wildman–Crippen LogP) is 5.04. The standard InChI is InChI=1S/C15H29O/c1-3-5-6-7-8-9-10-11-12-13-15(4-2)14-16/h15H,3-13H2,1-2H3. The molecule has 0 aliphatic rings. The van der Waals surface area contributed by atoms with E-state index < -0.39 is 0 Å². The minimum atomic E-state index is 0.199.